The zero-order valence-corrected chi connectivity index (χ0v) is 9.06. The predicted octanol–water partition coefficient (Wildman–Crippen LogP) is 0.946. The van der Waals surface area contributed by atoms with E-state index in [-0.39, 0.29) is 18.7 Å². The molecule has 1 aliphatic rings. The molecule has 2 amide bonds. The Morgan fingerprint density at radius 3 is 3.25 bits per heavy atom. The largest absolute Gasteiger partial charge is 0.467 e. The highest BCUT2D eigenvalue weighted by atomic mass is 16.3. The number of rotatable bonds is 3. The van der Waals surface area contributed by atoms with Gasteiger partial charge < -0.3 is 19.7 Å². The lowest BCUT2D eigenvalue weighted by molar-refractivity contribution is 0.156. The quantitative estimate of drug-likeness (QED) is 0.803. The van der Waals surface area contributed by atoms with Crippen LogP contribution < -0.4 is 5.32 Å². The summed E-state index contributed by atoms with van der Waals surface area (Å²) in [6.45, 7) is 1.14. The fraction of sp³-hybridized carbons (Fsp3) is 0.545. The van der Waals surface area contributed by atoms with Gasteiger partial charge in [-0.1, -0.05) is 0 Å². The summed E-state index contributed by atoms with van der Waals surface area (Å²) >= 11 is 0. The van der Waals surface area contributed by atoms with E-state index < -0.39 is 0 Å². The number of carbonyl (C=O) groups is 1. The topological polar surface area (TPSA) is 65.7 Å². The first-order valence-electron chi connectivity index (χ1n) is 5.49. The van der Waals surface area contributed by atoms with Crippen LogP contribution in [-0.2, 0) is 6.54 Å². The summed E-state index contributed by atoms with van der Waals surface area (Å²) in [5, 5.41) is 11.9. The first-order chi connectivity index (χ1) is 7.81. The highest BCUT2D eigenvalue weighted by Gasteiger charge is 2.27. The highest BCUT2D eigenvalue weighted by molar-refractivity contribution is 5.74. The van der Waals surface area contributed by atoms with Crippen molar-refractivity contribution in [2.24, 2.45) is 0 Å². The van der Waals surface area contributed by atoms with Gasteiger partial charge in [0.25, 0.3) is 0 Å². The first-order valence-corrected chi connectivity index (χ1v) is 5.49. The highest BCUT2D eigenvalue weighted by Crippen LogP contribution is 2.16. The number of aliphatic hydroxyl groups excluding tert-OH is 1. The minimum absolute atomic E-state index is 0.0309. The summed E-state index contributed by atoms with van der Waals surface area (Å²) < 4.78 is 5.12. The molecule has 0 aromatic carbocycles. The van der Waals surface area contributed by atoms with Crippen LogP contribution in [0.2, 0.25) is 0 Å². The molecule has 88 valence electrons. The average molecular weight is 224 g/mol. The third-order valence-corrected chi connectivity index (χ3v) is 2.84. The van der Waals surface area contributed by atoms with E-state index in [1.165, 1.54) is 0 Å². The number of hydrogen-bond acceptors (Lipinski definition) is 3. The fourth-order valence-corrected chi connectivity index (χ4v) is 1.97. The van der Waals surface area contributed by atoms with Gasteiger partial charge in [0.15, 0.2) is 0 Å². The molecule has 2 rings (SSSR count). The molecule has 1 aromatic heterocycles. The maximum Gasteiger partial charge on any atom is 0.318 e. The molecule has 2 N–H and O–H groups in total. The molecule has 0 radical (unpaired) electrons. The molecule has 1 aromatic rings. The van der Waals surface area contributed by atoms with Crippen molar-refractivity contribution in [3.8, 4) is 0 Å². The molecule has 1 saturated heterocycles. The van der Waals surface area contributed by atoms with Crippen LogP contribution in [0.5, 0.6) is 0 Å². The number of nitrogens with one attached hydrogen (secondary N) is 1. The van der Waals surface area contributed by atoms with Gasteiger partial charge in [0.05, 0.1) is 25.5 Å². The van der Waals surface area contributed by atoms with Crippen molar-refractivity contribution >= 4 is 6.03 Å². The molecule has 5 nitrogen and oxygen atoms in total. The zero-order chi connectivity index (χ0) is 11.4. The van der Waals surface area contributed by atoms with E-state index in [0.717, 1.165) is 25.1 Å². The lowest BCUT2D eigenvalue weighted by Gasteiger charge is -2.22. The number of nitrogens with zero attached hydrogens (tertiary/aromatic N) is 1. The van der Waals surface area contributed by atoms with Gasteiger partial charge in [-0.05, 0) is 25.0 Å². The van der Waals surface area contributed by atoms with Crippen LogP contribution in [0, 0.1) is 0 Å². The summed E-state index contributed by atoms with van der Waals surface area (Å²) in [5.74, 6) is 0.730. The van der Waals surface area contributed by atoms with Gasteiger partial charge in [-0.15, -0.1) is 0 Å². The Bertz CT molecular complexity index is 337. The summed E-state index contributed by atoms with van der Waals surface area (Å²) in [6.07, 6.45) is 3.41. The Kier molecular flexibility index (Phi) is 3.46. The summed E-state index contributed by atoms with van der Waals surface area (Å²) in [5.41, 5.74) is 0. The van der Waals surface area contributed by atoms with Crippen molar-refractivity contribution in [1.29, 1.82) is 0 Å². The van der Waals surface area contributed by atoms with Crippen LogP contribution in [-0.4, -0.2) is 35.2 Å². The van der Waals surface area contributed by atoms with Gasteiger partial charge in [-0.2, -0.15) is 0 Å². The average Bonchev–Trinajstić information content (AvgIpc) is 2.96. The van der Waals surface area contributed by atoms with Crippen molar-refractivity contribution < 1.29 is 14.3 Å². The van der Waals surface area contributed by atoms with E-state index in [1.807, 2.05) is 6.07 Å². The molecule has 1 fully saturated rings. The number of furan rings is 1. The molecule has 16 heavy (non-hydrogen) atoms. The second-order valence-electron chi connectivity index (χ2n) is 3.91. The lowest BCUT2D eigenvalue weighted by Crippen LogP contribution is -2.43. The van der Waals surface area contributed by atoms with Crippen molar-refractivity contribution in [2.45, 2.75) is 25.4 Å². The molecule has 1 atom stereocenters. The summed E-state index contributed by atoms with van der Waals surface area (Å²) in [7, 11) is 0. The Morgan fingerprint density at radius 1 is 1.69 bits per heavy atom. The molecule has 0 unspecified atom stereocenters. The SMILES string of the molecule is O=C(NCc1ccco1)N1CCC[C@@H]1CO. The Hall–Kier alpha value is -1.49. The molecule has 5 heteroatoms. The number of amides is 2. The van der Waals surface area contributed by atoms with E-state index in [1.54, 1.807) is 17.2 Å². The van der Waals surface area contributed by atoms with Crippen molar-refractivity contribution in [2.75, 3.05) is 13.2 Å². The molecular formula is C11H16N2O3. The second kappa shape index (κ2) is 5.03. The van der Waals surface area contributed by atoms with Gasteiger partial charge >= 0.3 is 6.03 Å². The van der Waals surface area contributed by atoms with Gasteiger partial charge in [0.1, 0.15) is 5.76 Å². The third kappa shape index (κ3) is 2.36. The number of likely N-dealkylation sites (tertiary alicyclic amines) is 1. The second-order valence-corrected chi connectivity index (χ2v) is 3.91. The number of urea groups is 1. The van der Waals surface area contributed by atoms with Crippen LogP contribution in [0.25, 0.3) is 0 Å². The minimum atomic E-state index is -0.132. The number of carbonyl (C=O) groups excluding carboxylic acids is 1. The van der Waals surface area contributed by atoms with E-state index in [2.05, 4.69) is 5.32 Å². The maximum absolute atomic E-state index is 11.8. The van der Waals surface area contributed by atoms with Crippen molar-refractivity contribution in [3.05, 3.63) is 24.2 Å². The Balaban J connectivity index is 1.83. The van der Waals surface area contributed by atoms with E-state index in [0.29, 0.717) is 6.54 Å². The van der Waals surface area contributed by atoms with Crippen LogP contribution in [0.15, 0.2) is 22.8 Å². The van der Waals surface area contributed by atoms with Gasteiger partial charge in [-0.25, -0.2) is 4.79 Å². The van der Waals surface area contributed by atoms with Crippen molar-refractivity contribution in [3.63, 3.8) is 0 Å². The molecule has 2 heterocycles. The standard InChI is InChI=1S/C11H16N2O3/c14-8-9-3-1-5-13(9)11(15)12-7-10-4-2-6-16-10/h2,4,6,9,14H,1,3,5,7-8H2,(H,12,15)/t9-/m1/s1. The van der Waals surface area contributed by atoms with E-state index >= 15 is 0 Å². The Morgan fingerprint density at radius 2 is 2.56 bits per heavy atom. The third-order valence-electron chi connectivity index (χ3n) is 2.84. The predicted molar refractivity (Wildman–Crippen MR) is 57.8 cm³/mol. The first kappa shape index (κ1) is 11.0. The molecule has 0 spiro atoms. The van der Waals surface area contributed by atoms with Gasteiger partial charge in [0.2, 0.25) is 0 Å². The van der Waals surface area contributed by atoms with E-state index in [9.17, 15) is 4.79 Å². The molecule has 0 bridgehead atoms. The zero-order valence-electron chi connectivity index (χ0n) is 9.06. The smallest absolute Gasteiger partial charge is 0.318 e. The van der Waals surface area contributed by atoms with Gasteiger partial charge in [-0.3, -0.25) is 0 Å². The molecule has 1 aliphatic heterocycles. The lowest BCUT2D eigenvalue weighted by atomic mass is 10.2. The van der Waals surface area contributed by atoms with Crippen molar-refractivity contribution in [1.82, 2.24) is 10.2 Å². The monoisotopic (exact) mass is 224 g/mol. The number of hydrogen-bond donors (Lipinski definition) is 2. The normalized spacial score (nSPS) is 20.1. The van der Waals surface area contributed by atoms with E-state index in [4.69, 9.17) is 9.52 Å². The van der Waals surface area contributed by atoms with Crippen LogP contribution in [0.1, 0.15) is 18.6 Å². The Labute approximate surface area is 94.0 Å². The van der Waals surface area contributed by atoms with Gasteiger partial charge in [0, 0.05) is 6.54 Å². The molecular weight excluding hydrogens is 208 g/mol. The molecule has 0 saturated carbocycles. The van der Waals surface area contributed by atoms with Crippen LogP contribution >= 0.6 is 0 Å². The van der Waals surface area contributed by atoms with Crippen LogP contribution in [0.3, 0.4) is 0 Å². The maximum atomic E-state index is 11.8. The number of aliphatic hydroxyl groups is 1. The molecule has 0 aliphatic carbocycles. The minimum Gasteiger partial charge on any atom is -0.467 e. The van der Waals surface area contributed by atoms with Crippen LogP contribution in [0.4, 0.5) is 4.79 Å². The fourth-order valence-electron chi connectivity index (χ4n) is 1.97. The summed E-state index contributed by atoms with van der Waals surface area (Å²) in [4.78, 5) is 13.5. The summed E-state index contributed by atoms with van der Waals surface area (Å²) in [6, 6.07) is 3.44.